The molecule has 1 atom stereocenters. The largest absolute Gasteiger partial charge is 0.450 e. The number of carbonyl (C=O) groups excluding carboxylic acids is 1. The number of carbonyl (C=O) groups is 1. The highest BCUT2D eigenvalue weighted by Crippen LogP contribution is 2.31. The molecule has 4 aromatic rings. The van der Waals surface area contributed by atoms with Gasteiger partial charge >= 0.3 is 0 Å². The summed E-state index contributed by atoms with van der Waals surface area (Å²) in [5.41, 5.74) is 5.51. The molecule has 0 radical (unpaired) electrons. The average molecular weight is 370 g/mol. The number of hydrogen-bond donors (Lipinski definition) is 1. The minimum Gasteiger partial charge on any atom is -0.450 e. The van der Waals surface area contributed by atoms with Gasteiger partial charge in [-0.15, -0.1) is 0 Å². The molecular weight excluding hydrogens is 348 g/mol. The van der Waals surface area contributed by atoms with E-state index < -0.39 is 0 Å². The molecule has 0 aliphatic rings. The summed E-state index contributed by atoms with van der Waals surface area (Å²) in [5, 5.41) is 4.12. The normalized spacial score (nSPS) is 12.1. The Kier molecular flexibility index (Phi) is 4.70. The van der Waals surface area contributed by atoms with Gasteiger partial charge in [0.1, 0.15) is 5.58 Å². The van der Waals surface area contributed by atoms with Crippen LogP contribution in [0.4, 0.5) is 0 Å². The predicted octanol–water partition coefficient (Wildman–Crippen LogP) is 5.27. The van der Waals surface area contributed by atoms with Crippen LogP contribution in [-0.4, -0.2) is 10.9 Å². The van der Waals surface area contributed by atoms with Crippen molar-refractivity contribution in [3.63, 3.8) is 0 Å². The summed E-state index contributed by atoms with van der Waals surface area (Å²) in [7, 11) is 0. The van der Waals surface area contributed by atoms with Crippen molar-refractivity contribution < 1.29 is 9.21 Å². The van der Waals surface area contributed by atoms with Gasteiger partial charge in [-0.05, 0) is 49.6 Å². The van der Waals surface area contributed by atoms with Crippen LogP contribution in [0.3, 0.4) is 0 Å². The lowest BCUT2D eigenvalue weighted by atomic mass is 10.0. The molecule has 1 N–H and O–H groups in total. The van der Waals surface area contributed by atoms with E-state index in [4.69, 9.17) is 4.42 Å². The summed E-state index contributed by atoms with van der Waals surface area (Å²) in [6.45, 7) is 5.96. The van der Waals surface area contributed by atoms with Crippen molar-refractivity contribution in [3.05, 3.63) is 101 Å². The van der Waals surface area contributed by atoms with Gasteiger partial charge in [-0.2, -0.15) is 0 Å². The highest BCUT2D eigenvalue weighted by molar-refractivity contribution is 6.00. The van der Waals surface area contributed by atoms with Crippen LogP contribution in [0.1, 0.15) is 44.5 Å². The van der Waals surface area contributed by atoms with Crippen LogP contribution in [0.25, 0.3) is 11.0 Å². The summed E-state index contributed by atoms with van der Waals surface area (Å²) in [4.78, 5) is 17.6. The summed E-state index contributed by atoms with van der Waals surface area (Å²) < 4.78 is 6.01. The van der Waals surface area contributed by atoms with Gasteiger partial charge in [-0.1, -0.05) is 48.5 Å². The number of fused-ring (bicyclic) bond motifs is 1. The molecule has 1 unspecified atom stereocenters. The first-order valence-electron chi connectivity index (χ1n) is 9.32. The van der Waals surface area contributed by atoms with Crippen molar-refractivity contribution in [1.29, 1.82) is 0 Å². The average Bonchev–Trinajstić information content (AvgIpc) is 3.09. The first kappa shape index (κ1) is 18.0. The maximum atomic E-state index is 13.2. The van der Waals surface area contributed by atoms with E-state index in [1.54, 1.807) is 6.20 Å². The van der Waals surface area contributed by atoms with Crippen LogP contribution in [0.5, 0.6) is 0 Å². The Labute approximate surface area is 164 Å². The van der Waals surface area contributed by atoms with Gasteiger partial charge in [-0.25, -0.2) is 0 Å². The zero-order chi connectivity index (χ0) is 19.7. The fraction of sp³-hybridized carbons (Fsp3) is 0.167. The van der Waals surface area contributed by atoms with Gasteiger partial charge in [0.2, 0.25) is 0 Å². The standard InChI is InChI=1S/C24H22N2O2/c1-15-12-13-16(2)22-20(15)17(3)23(28-22)24(27)26-21(18-9-5-4-6-10-18)19-11-7-8-14-25-19/h4-14,21H,1-3H3,(H,26,27). The number of aromatic nitrogens is 1. The second-order valence-electron chi connectivity index (χ2n) is 7.03. The SMILES string of the molecule is Cc1ccc(C)c2c(C)c(C(=O)NC(c3ccccc3)c3ccccn3)oc12. The quantitative estimate of drug-likeness (QED) is 0.532. The molecule has 0 aliphatic heterocycles. The van der Waals surface area contributed by atoms with Crippen LogP contribution in [0.2, 0.25) is 0 Å². The molecule has 140 valence electrons. The maximum absolute atomic E-state index is 13.2. The highest BCUT2D eigenvalue weighted by Gasteiger charge is 2.24. The van der Waals surface area contributed by atoms with Crippen molar-refractivity contribution in [2.75, 3.05) is 0 Å². The summed E-state index contributed by atoms with van der Waals surface area (Å²) >= 11 is 0. The first-order chi connectivity index (χ1) is 13.6. The van der Waals surface area contributed by atoms with Gasteiger partial charge in [0.25, 0.3) is 5.91 Å². The molecule has 0 aliphatic carbocycles. The predicted molar refractivity (Wildman–Crippen MR) is 110 cm³/mol. The van der Waals surface area contributed by atoms with Crippen molar-refractivity contribution in [2.45, 2.75) is 26.8 Å². The Balaban J connectivity index is 1.75. The molecule has 0 saturated carbocycles. The fourth-order valence-corrected chi connectivity index (χ4v) is 3.61. The van der Waals surface area contributed by atoms with Crippen molar-refractivity contribution in [1.82, 2.24) is 10.3 Å². The molecule has 4 nitrogen and oxygen atoms in total. The zero-order valence-electron chi connectivity index (χ0n) is 16.2. The Morgan fingerprint density at radius 2 is 1.64 bits per heavy atom. The highest BCUT2D eigenvalue weighted by atomic mass is 16.3. The molecule has 4 heteroatoms. The second-order valence-corrected chi connectivity index (χ2v) is 7.03. The number of benzene rings is 2. The topological polar surface area (TPSA) is 55.1 Å². The lowest BCUT2D eigenvalue weighted by molar-refractivity contribution is 0.0915. The van der Waals surface area contributed by atoms with Crippen molar-refractivity contribution in [2.24, 2.45) is 0 Å². The van der Waals surface area contributed by atoms with E-state index in [0.29, 0.717) is 5.76 Å². The molecule has 1 amide bonds. The van der Waals surface area contributed by atoms with E-state index in [0.717, 1.165) is 38.9 Å². The summed E-state index contributed by atoms with van der Waals surface area (Å²) in [6.07, 6.45) is 1.73. The van der Waals surface area contributed by atoms with Crippen molar-refractivity contribution >= 4 is 16.9 Å². The van der Waals surface area contributed by atoms with E-state index in [1.807, 2.05) is 75.4 Å². The van der Waals surface area contributed by atoms with Crippen LogP contribution < -0.4 is 5.32 Å². The lowest BCUT2D eigenvalue weighted by Gasteiger charge is -2.18. The van der Waals surface area contributed by atoms with E-state index in [1.165, 1.54) is 0 Å². The number of rotatable bonds is 4. The lowest BCUT2D eigenvalue weighted by Crippen LogP contribution is -2.30. The molecule has 0 saturated heterocycles. The maximum Gasteiger partial charge on any atom is 0.288 e. The monoisotopic (exact) mass is 370 g/mol. The number of amides is 1. The Morgan fingerprint density at radius 1 is 0.929 bits per heavy atom. The molecule has 28 heavy (non-hydrogen) atoms. The molecule has 4 rings (SSSR count). The minimum atomic E-state index is -0.357. The first-order valence-corrected chi connectivity index (χ1v) is 9.32. The van der Waals surface area contributed by atoms with Crippen LogP contribution >= 0.6 is 0 Å². The van der Waals surface area contributed by atoms with Crippen LogP contribution in [0.15, 0.2) is 71.3 Å². The molecule has 0 spiro atoms. The fourth-order valence-electron chi connectivity index (χ4n) is 3.61. The molecule has 2 aromatic heterocycles. The van der Waals surface area contributed by atoms with Gasteiger partial charge < -0.3 is 9.73 Å². The molecular formula is C24H22N2O2. The van der Waals surface area contributed by atoms with E-state index in [-0.39, 0.29) is 11.9 Å². The van der Waals surface area contributed by atoms with E-state index in [2.05, 4.69) is 16.4 Å². The summed E-state index contributed by atoms with van der Waals surface area (Å²) in [5.74, 6) is 0.108. The molecule has 2 aromatic carbocycles. The number of nitrogens with zero attached hydrogens (tertiary/aromatic N) is 1. The van der Waals surface area contributed by atoms with Gasteiger partial charge in [0.05, 0.1) is 11.7 Å². The van der Waals surface area contributed by atoms with Gasteiger partial charge in [-0.3, -0.25) is 9.78 Å². The number of aryl methyl sites for hydroxylation is 3. The zero-order valence-corrected chi connectivity index (χ0v) is 16.2. The smallest absolute Gasteiger partial charge is 0.288 e. The van der Waals surface area contributed by atoms with E-state index >= 15 is 0 Å². The minimum absolute atomic E-state index is 0.244. The van der Waals surface area contributed by atoms with Crippen molar-refractivity contribution in [3.8, 4) is 0 Å². The third-order valence-electron chi connectivity index (χ3n) is 5.08. The van der Waals surface area contributed by atoms with E-state index in [9.17, 15) is 4.79 Å². The van der Waals surface area contributed by atoms with Gasteiger partial charge in [0, 0.05) is 17.1 Å². The Morgan fingerprint density at radius 3 is 2.32 bits per heavy atom. The van der Waals surface area contributed by atoms with Crippen LogP contribution in [0, 0.1) is 20.8 Å². The molecule has 0 fully saturated rings. The van der Waals surface area contributed by atoms with Gasteiger partial charge in [0.15, 0.2) is 5.76 Å². The Hall–Kier alpha value is -3.40. The number of furan rings is 1. The Bertz CT molecular complexity index is 1090. The molecule has 2 heterocycles. The number of pyridine rings is 1. The third-order valence-corrected chi connectivity index (χ3v) is 5.08. The number of nitrogens with one attached hydrogen (secondary N) is 1. The second kappa shape index (κ2) is 7.31. The number of hydrogen-bond acceptors (Lipinski definition) is 3. The van der Waals surface area contributed by atoms with Crippen LogP contribution in [-0.2, 0) is 0 Å². The third kappa shape index (κ3) is 3.18. The summed E-state index contributed by atoms with van der Waals surface area (Å²) in [6, 6.07) is 19.3. The molecule has 0 bridgehead atoms.